The predicted molar refractivity (Wildman–Crippen MR) is 168 cm³/mol. The maximum atomic E-state index is 11.3. The first-order valence-corrected chi connectivity index (χ1v) is 13.8. The summed E-state index contributed by atoms with van der Waals surface area (Å²) in [5.74, 6) is -1.28. The number of fused-ring (bicyclic) bond motifs is 1. The van der Waals surface area contributed by atoms with Gasteiger partial charge in [-0.1, -0.05) is 60.7 Å². The number of aromatic amines is 1. The van der Waals surface area contributed by atoms with Crippen molar-refractivity contribution >= 4 is 64.0 Å². The summed E-state index contributed by atoms with van der Waals surface area (Å²) in [7, 11) is 0. The van der Waals surface area contributed by atoms with Gasteiger partial charge < -0.3 is 15.0 Å². The Labute approximate surface area is 246 Å². The number of nitrogens with one attached hydrogen (secondary N) is 1. The van der Waals surface area contributed by atoms with E-state index in [1.54, 1.807) is 12.1 Å². The van der Waals surface area contributed by atoms with Crippen LogP contribution in [0.4, 0.5) is 17.1 Å². The van der Waals surface area contributed by atoms with Gasteiger partial charge in [-0.25, -0.2) is 4.79 Å². The highest BCUT2D eigenvalue weighted by molar-refractivity contribution is 7.00. The zero-order chi connectivity index (χ0) is 28.9. The molecule has 6 aromatic rings. The van der Waals surface area contributed by atoms with E-state index in [9.17, 15) is 9.90 Å². The van der Waals surface area contributed by atoms with Gasteiger partial charge in [0, 0.05) is 39.6 Å². The summed E-state index contributed by atoms with van der Waals surface area (Å²) in [4.78, 5) is 16.9. The Morgan fingerprint density at radius 2 is 1.43 bits per heavy atom. The number of hydrogen-bond acceptors (Lipinski definition) is 6. The van der Waals surface area contributed by atoms with Gasteiger partial charge in [-0.15, -0.1) is 0 Å². The average molecular weight is 566 g/mol. The van der Waals surface area contributed by atoms with Crippen molar-refractivity contribution in [3.63, 3.8) is 0 Å². The third-order valence-corrected chi connectivity index (χ3v) is 7.26. The maximum Gasteiger partial charge on any atom is 0.346 e. The molecule has 7 nitrogen and oxygen atoms in total. The fourth-order valence-corrected chi connectivity index (χ4v) is 5.29. The van der Waals surface area contributed by atoms with Gasteiger partial charge >= 0.3 is 5.97 Å². The van der Waals surface area contributed by atoms with Crippen molar-refractivity contribution in [1.82, 2.24) is 13.7 Å². The topological polar surface area (TPSA) is 106 Å². The second-order valence-corrected chi connectivity index (χ2v) is 9.93. The van der Waals surface area contributed by atoms with E-state index >= 15 is 0 Å². The first-order chi connectivity index (χ1) is 20.6. The van der Waals surface area contributed by atoms with Crippen molar-refractivity contribution in [2.45, 2.75) is 0 Å². The van der Waals surface area contributed by atoms with Crippen LogP contribution in [0.25, 0.3) is 40.5 Å². The molecule has 42 heavy (non-hydrogen) atoms. The zero-order valence-corrected chi connectivity index (χ0v) is 23.0. The SMILES string of the molecule is N#C/C(=C\c1ccc(-c2ccc(/C=C/c3ccc(N(c4ccccc4)c4ccccc4)cc3)[nH]2)c2nsnc12)C(=O)O. The summed E-state index contributed by atoms with van der Waals surface area (Å²) >= 11 is 1.04. The molecule has 0 amide bonds. The van der Waals surface area contributed by atoms with Gasteiger partial charge in [0.25, 0.3) is 0 Å². The van der Waals surface area contributed by atoms with E-state index in [2.05, 4.69) is 73.2 Å². The first kappa shape index (κ1) is 26.4. The van der Waals surface area contributed by atoms with Crippen LogP contribution in [0.1, 0.15) is 16.8 Å². The Bertz CT molecular complexity index is 1930. The molecule has 0 spiro atoms. The smallest absolute Gasteiger partial charge is 0.346 e. The molecule has 2 aromatic heterocycles. The van der Waals surface area contributed by atoms with Crippen LogP contribution in [-0.4, -0.2) is 24.8 Å². The number of carbonyl (C=O) groups is 1. The second-order valence-electron chi connectivity index (χ2n) is 9.40. The highest BCUT2D eigenvalue weighted by Crippen LogP contribution is 2.34. The number of nitrogens with zero attached hydrogens (tertiary/aromatic N) is 4. The van der Waals surface area contributed by atoms with E-state index in [1.807, 2.05) is 60.7 Å². The summed E-state index contributed by atoms with van der Waals surface area (Å²) < 4.78 is 8.78. The fraction of sp³-hybridized carbons (Fsp3) is 0. The highest BCUT2D eigenvalue weighted by atomic mass is 32.1. The van der Waals surface area contributed by atoms with Crippen LogP contribution in [0.3, 0.4) is 0 Å². The van der Waals surface area contributed by atoms with Gasteiger partial charge in [0.05, 0.1) is 11.7 Å². The predicted octanol–water partition coefficient (Wildman–Crippen LogP) is 8.32. The molecule has 0 saturated heterocycles. The standard InChI is InChI=1S/C34H23N5O2S/c35-22-25(34(40)41)21-24-14-19-30(33-32(24)37-42-38-33)31-20-16-26(36-31)15-11-23-12-17-29(18-13-23)39(27-7-3-1-4-8-27)28-9-5-2-6-10-28/h1-21,36H,(H,40,41)/b15-11+,25-21+. The Morgan fingerprint density at radius 1 is 0.786 bits per heavy atom. The van der Waals surface area contributed by atoms with Crippen molar-refractivity contribution in [1.29, 1.82) is 5.26 Å². The minimum absolute atomic E-state index is 0.356. The molecular formula is C34H23N5O2S. The van der Waals surface area contributed by atoms with Crippen molar-refractivity contribution in [3.8, 4) is 17.3 Å². The molecule has 0 bridgehead atoms. The lowest BCUT2D eigenvalue weighted by atomic mass is 10.0. The lowest BCUT2D eigenvalue weighted by Crippen LogP contribution is -2.09. The minimum Gasteiger partial charge on any atom is -0.477 e. The van der Waals surface area contributed by atoms with Crippen LogP contribution in [0, 0.1) is 11.3 Å². The quantitative estimate of drug-likeness (QED) is 0.142. The largest absolute Gasteiger partial charge is 0.477 e. The van der Waals surface area contributed by atoms with Crippen molar-refractivity contribution in [2.24, 2.45) is 0 Å². The number of aliphatic carboxylic acids is 1. The Morgan fingerprint density at radius 3 is 2.07 bits per heavy atom. The number of para-hydroxylation sites is 2. The molecule has 202 valence electrons. The number of benzene rings is 4. The zero-order valence-electron chi connectivity index (χ0n) is 22.2. The van der Waals surface area contributed by atoms with Gasteiger partial charge in [-0.3, -0.25) is 0 Å². The van der Waals surface area contributed by atoms with Crippen LogP contribution in [0.15, 0.2) is 115 Å². The van der Waals surface area contributed by atoms with Crippen LogP contribution >= 0.6 is 11.7 Å². The number of hydrogen-bond donors (Lipinski definition) is 2. The number of nitriles is 1. The monoisotopic (exact) mass is 565 g/mol. The molecule has 0 saturated carbocycles. The van der Waals surface area contributed by atoms with Gasteiger partial charge in [-0.2, -0.15) is 14.0 Å². The van der Waals surface area contributed by atoms with Gasteiger partial charge in [0.1, 0.15) is 22.7 Å². The number of aromatic nitrogens is 3. The Balaban J connectivity index is 1.24. The molecule has 4 aromatic carbocycles. The van der Waals surface area contributed by atoms with Gasteiger partial charge in [-0.05, 0) is 72.3 Å². The van der Waals surface area contributed by atoms with Crippen molar-refractivity contribution in [3.05, 3.63) is 132 Å². The number of carboxylic acids is 1. The minimum atomic E-state index is -1.28. The van der Waals surface area contributed by atoms with E-state index < -0.39 is 5.97 Å². The summed E-state index contributed by atoms with van der Waals surface area (Å²) in [6.45, 7) is 0. The lowest BCUT2D eigenvalue weighted by molar-refractivity contribution is -0.132. The van der Waals surface area contributed by atoms with E-state index in [4.69, 9.17) is 5.26 Å². The van der Waals surface area contributed by atoms with Gasteiger partial charge in [0.15, 0.2) is 0 Å². The number of anilines is 3. The molecule has 0 aliphatic carbocycles. The molecule has 0 aliphatic heterocycles. The van der Waals surface area contributed by atoms with Crippen LogP contribution in [0.5, 0.6) is 0 Å². The van der Waals surface area contributed by atoms with Crippen LogP contribution in [-0.2, 0) is 4.79 Å². The van der Waals surface area contributed by atoms with Gasteiger partial charge in [0.2, 0.25) is 0 Å². The van der Waals surface area contributed by atoms with Crippen molar-refractivity contribution < 1.29 is 9.90 Å². The average Bonchev–Trinajstić information content (AvgIpc) is 3.71. The number of H-pyrrole nitrogens is 1. The molecule has 0 aliphatic rings. The highest BCUT2D eigenvalue weighted by Gasteiger charge is 2.15. The molecule has 2 heterocycles. The summed E-state index contributed by atoms with van der Waals surface area (Å²) in [5.41, 5.74) is 8.31. The van der Waals surface area contributed by atoms with E-state index in [-0.39, 0.29) is 5.57 Å². The Hall–Kier alpha value is -5.78. The summed E-state index contributed by atoms with van der Waals surface area (Å²) in [5, 5.41) is 18.4. The molecule has 0 fully saturated rings. The molecular weight excluding hydrogens is 542 g/mol. The van der Waals surface area contributed by atoms with Crippen molar-refractivity contribution in [2.75, 3.05) is 4.90 Å². The molecule has 8 heteroatoms. The number of rotatable bonds is 8. The number of carboxylic acid groups (broad SMARTS) is 1. The molecule has 2 N–H and O–H groups in total. The molecule has 0 radical (unpaired) electrons. The molecule has 6 rings (SSSR count). The lowest BCUT2D eigenvalue weighted by Gasteiger charge is -2.25. The second kappa shape index (κ2) is 11.8. The van der Waals surface area contributed by atoms with Crippen LogP contribution < -0.4 is 4.90 Å². The first-order valence-electron chi connectivity index (χ1n) is 13.1. The molecule has 0 atom stereocenters. The van der Waals surface area contributed by atoms with E-state index in [1.165, 1.54) is 6.08 Å². The van der Waals surface area contributed by atoms with Crippen LogP contribution in [0.2, 0.25) is 0 Å². The van der Waals surface area contributed by atoms with E-state index in [0.29, 0.717) is 16.6 Å². The normalized spacial score (nSPS) is 11.5. The van der Waals surface area contributed by atoms with E-state index in [0.717, 1.165) is 51.3 Å². The summed E-state index contributed by atoms with van der Waals surface area (Å²) in [6.07, 6.45) is 5.39. The third-order valence-electron chi connectivity index (χ3n) is 6.73. The maximum absolute atomic E-state index is 11.3. The Kier molecular flexibility index (Phi) is 7.40. The summed E-state index contributed by atoms with van der Waals surface area (Å²) in [6, 6.07) is 38.3. The fourth-order valence-electron chi connectivity index (χ4n) is 4.70. The third kappa shape index (κ3) is 5.45. The molecule has 0 unspecified atom stereocenters.